The maximum Gasteiger partial charge on any atom is 0.274 e. The Hall–Kier alpha value is -4.01. The number of para-hydroxylation sites is 1. The highest BCUT2D eigenvalue weighted by atomic mass is 16.5. The summed E-state index contributed by atoms with van der Waals surface area (Å²) in [5.74, 6) is -0.219. The van der Waals surface area contributed by atoms with Gasteiger partial charge in [0.1, 0.15) is 5.69 Å². The lowest BCUT2D eigenvalue weighted by molar-refractivity contribution is 0.0946. The molecule has 3 aromatic carbocycles. The second kappa shape index (κ2) is 12.2. The number of hydrogen-bond donors (Lipinski definition) is 1. The highest BCUT2D eigenvalue weighted by molar-refractivity contribution is 6.08. The first kappa shape index (κ1) is 26.6. The van der Waals surface area contributed by atoms with Gasteiger partial charge in [0.25, 0.3) is 5.91 Å². The molecular formula is C31H36N6O2. The maximum atomic E-state index is 13.3. The Balaban J connectivity index is 1.46. The fourth-order valence-corrected chi connectivity index (χ4v) is 5.22. The number of aromatic nitrogens is 4. The number of nitrogens with one attached hydrogen (secondary N) is 1. The molecule has 0 aliphatic rings. The molecule has 0 atom stereocenters. The van der Waals surface area contributed by atoms with Gasteiger partial charge in [-0.05, 0) is 50.7 Å². The van der Waals surface area contributed by atoms with Crippen molar-refractivity contribution in [1.82, 2.24) is 29.8 Å². The number of rotatable bonds is 12. The number of nitrogens with zero attached hydrogens (tertiary/aromatic N) is 5. The standard InChI is InChI=1S/C31H36N6O2/c1-4-35(20-21-39-3)19-11-18-32-31(38)29-30(23-12-7-6-8-13-23)37(34-33-29)24-16-17-28-26(22-24)25-14-9-10-15-27(25)36(28)5-2/h6-10,12-17,22H,4-5,11,18-21H2,1-3H3,(H,32,38). The molecule has 0 bridgehead atoms. The van der Waals surface area contributed by atoms with Gasteiger partial charge in [0.05, 0.1) is 12.3 Å². The van der Waals surface area contributed by atoms with E-state index in [1.54, 1.807) is 11.8 Å². The summed E-state index contributed by atoms with van der Waals surface area (Å²) in [6.07, 6.45) is 0.844. The van der Waals surface area contributed by atoms with Gasteiger partial charge in [-0.15, -0.1) is 5.10 Å². The summed E-state index contributed by atoms with van der Waals surface area (Å²) in [6, 6.07) is 24.6. The number of carbonyl (C=O) groups excluding carboxylic acids is 1. The zero-order valence-electron chi connectivity index (χ0n) is 22.9. The van der Waals surface area contributed by atoms with Crippen LogP contribution in [0.3, 0.4) is 0 Å². The van der Waals surface area contributed by atoms with Gasteiger partial charge in [-0.1, -0.05) is 60.7 Å². The number of benzene rings is 3. The van der Waals surface area contributed by atoms with Gasteiger partial charge in [0.2, 0.25) is 0 Å². The van der Waals surface area contributed by atoms with Crippen LogP contribution in [-0.2, 0) is 11.3 Å². The molecule has 0 unspecified atom stereocenters. The van der Waals surface area contributed by atoms with Gasteiger partial charge in [0, 0.05) is 54.1 Å². The second-order valence-electron chi connectivity index (χ2n) is 9.56. The van der Waals surface area contributed by atoms with Crippen LogP contribution in [-0.4, -0.2) is 70.3 Å². The van der Waals surface area contributed by atoms with E-state index in [1.165, 1.54) is 16.4 Å². The number of likely N-dealkylation sites (N-methyl/N-ethyl adjacent to an activating group) is 1. The summed E-state index contributed by atoms with van der Waals surface area (Å²) in [5, 5.41) is 14.3. The zero-order valence-corrected chi connectivity index (χ0v) is 22.9. The van der Waals surface area contributed by atoms with E-state index in [-0.39, 0.29) is 5.91 Å². The summed E-state index contributed by atoms with van der Waals surface area (Å²) in [5.41, 5.74) is 5.14. The van der Waals surface area contributed by atoms with Crippen LogP contribution in [0.1, 0.15) is 30.8 Å². The molecular weight excluding hydrogens is 488 g/mol. The maximum absolute atomic E-state index is 13.3. The normalized spacial score (nSPS) is 11.6. The van der Waals surface area contributed by atoms with E-state index in [0.717, 1.165) is 49.2 Å². The Labute approximate surface area is 229 Å². The monoisotopic (exact) mass is 524 g/mol. The van der Waals surface area contributed by atoms with Gasteiger partial charge in [0.15, 0.2) is 5.69 Å². The van der Waals surface area contributed by atoms with Crippen molar-refractivity contribution in [3.8, 4) is 16.9 Å². The minimum atomic E-state index is -0.219. The molecule has 0 aliphatic heterocycles. The third-order valence-electron chi connectivity index (χ3n) is 7.24. The van der Waals surface area contributed by atoms with Gasteiger partial charge in [-0.25, -0.2) is 4.68 Å². The van der Waals surface area contributed by atoms with E-state index in [1.807, 2.05) is 30.3 Å². The molecule has 8 heteroatoms. The van der Waals surface area contributed by atoms with E-state index in [2.05, 4.69) is 81.4 Å². The van der Waals surface area contributed by atoms with Crippen molar-refractivity contribution in [2.45, 2.75) is 26.8 Å². The largest absolute Gasteiger partial charge is 0.383 e. The quantitative estimate of drug-likeness (QED) is 0.229. The van der Waals surface area contributed by atoms with Crippen molar-refractivity contribution in [2.24, 2.45) is 0 Å². The van der Waals surface area contributed by atoms with Crippen LogP contribution in [0.15, 0.2) is 72.8 Å². The van der Waals surface area contributed by atoms with Crippen LogP contribution in [0, 0.1) is 0 Å². The Kier molecular flexibility index (Phi) is 8.34. The van der Waals surface area contributed by atoms with Gasteiger partial charge < -0.3 is 19.5 Å². The number of hydrogen-bond acceptors (Lipinski definition) is 5. The Morgan fingerprint density at radius 1 is 0.949 bits per heavy atom. The van der Waals surface area contributed by atoms with Crippen LogP contribution >= 0.6 is 0 Å². The van der Waals surface area contributed by atoms with Crippen molar-refractivity contribution in [1.29, 1.82) is 0 Å². The molecule has 0 aliphatic carbocycles. The number of methoxy groups -OCH3 is 1. The molecule has 0 saturated heterocycles. The molecule has 39 heavy (non-hydrogen) atoms. The lowest BCUT2D eigenvalue weighted by Gasteiger charge is -2.19. The molecule has 1 amide bonds. The molecule has 0 saturated carbocycles. The predicted molar refractivity (Wildman–Crippen MR) is 156 cm³/mol. The lowest BCUT2D eigenvalue weighted by Crippen LogP contribution is -2.32. The highest BCUT2D eigenvalue weighted by Crippen LogP contribution is 2.32. The molecule has 0 spiro atoms. The van der Waals surface area contributed by atoms with E-state index in [4.69, 9.17) is 4.74 Å². The first-order chi connectivity index (χ1) is 19.2. The third kappa shape index (κ3) is 5.44. The minimum Gasteiger partial charge on any atom is -0.383 e. The number of amides is 1. The third-order valence-corrected chi connectivity index (χ3v) is 7.24. The van der Waals surface area contributed by atoms with Crippen LogP contribution < -0.4 is 5.32 Å². The fraction of sp³-hybridized carbons (Fsp3) is 0.323. The molecule has 5 rings (SSSR count). The Bertz CT molecular complexity index is 1560. The molecule has 2 aromatic heterocycles. The van der Waals surface area contributed by atoms with E-state index < -0.39 is 0 Å². The second-order valence-corrected chi connectivity index (χ2v) is 9.56. The van der Waals surface area contributed by atoms with E-state index in [0.29, 0.717) is 24.5 Å². The summed E-state index contributed by atoms with van der Waals surface area (Å²) in [7, 11) is 1.72. The molecule has 1 N–H and O–H groups in total. The average molecular weight is 525 g/mol. The zero-order chi connectivity index (χ0) is 27.2. The van der Waals surface area contributed by atoms with Crippen molar-refractivity contribution in [2.75, 3.05) is 39.9 Å². The number of fused-ring (bicyclic) bond motifs is 3. The van der Waals surface area contributed by atoms with Crippen LogP contribution in [0.4, 0.5) is 0 Å². The average Bonchev–Trinajstić information content (AvgIpc) is 3.56. The minimum absolute atomic E-state index is 0.219. The van der Waals surface area contributed by atoms with Crippen molar-refractivity contribution in [3.63, 3.8) is 0 Å². The first-order valence-electron chi connectivity index (χ1n) is 13.7. The van der Waals surface area contributed by atoms with Gasteiger partial charge in [-0.2, -0.15) is 0 Å². The SMILES string of the molecule is CCN(CCCNC(=O)c1nnn(-c2ccc3c(c2)c2ccccc2n3CC)c1-c1ccccc1)CCOC. The fourth-order valence-electron chi connectivity index (χ4n) is 5.22. The van der Waals surface area contributed by atoms with Gasteiger partial charge >= 0.3 is 0 Å². The highest BCUT2D eigenvalue weighted by Gasteiger charge is 2.22. The lowest BCUT2D eigenvalue weighted by atomic mass is 10.1. The van der Waals surface area contributed by atoms with E-state index in [9.17, 15) is 4.79 Å². The molecule has 0 fully saturated rings. The van der Waals surface area contributed by atoms with Crippen molar-refractivity contribution >= 4 is 27.7 Å². The summed E-state index contributed by atoms with van der Waals surface area (Å²) < 4.78 is 9.30. The van der Waals surface area contributed by atoms with Gasteiger partial charge in [-0.3, -0.25) is 4.79 Å². The molecule has 5 aromatic rings. The number of carbonyl (C=O) groups is 1. The topological polar surface area (TPSA) is 77.2 Å². The van der Waals surface area contributed by atoms with Crippen LogP contribution in [0.5, 0.6) is 0 Å². The number of aryl methyl sites for hydroxylation is 1. The summed E-state index contributed by atoms with van der Waals surface area (Å²) in [4.78, 5) is 15.6. The van der Waals surface area contributed by atoms with Crippen LogP contribution in [0.25, 0.3) is 38.8 Å². The Morgan fingerprint density at radius 3 is 2.49 bits per heavy atom. The smallest absolute Gasteiger partial charge is 0.274 e. The molecule has 2 heterocycles. The van der Waals surface area contributed by atoms with Crippen LogP contribution in [0.2, 0.25) is 0 Å². The molecule has 0 radical (unpaired) electrons. The number of ether oxygens (including phenoxy) is 1. The Morgan fingerprint density at radius 2 is 1.72 bits per heavy atom. The predicted octanol–water partition coefficient (Wildman–Crippen LogP) is 5.15. The summed E-state index contributed by atoms with van der Waals surface area (Å²) >= 11 is 0. The molecule has 202 valence electrons. The molecule has 8 nitrogen and oxygen atoms in total. The van der Waals surface area contributed by atoms with Crippen molar-refractivity contribution < 1.29 is 9.53 Å². The van der Waals surface area contributed by atoms with E-state index >= 15 is 0 Å². The summed E-state index contributed by atoms with van der Waals surface area (Å²) in [6.45, 7) is 9.17. The first-order valence-corrected chi connectivity index (χ1v) is 13.7. The van der Waals surface area contributed by atoms with Crippen molar-refractivity contribution in [3.05, 3.63) is 78.5 Å².